The van der Waals surface area contributed by atoms with E-state index in [0.717, 1.165) is 11.1 Å². The Kier molecular flexibility index (Phi) is 4.53. The van der Waals surface area contributed by atoms with Crippen LogP contribution in [0.4, 0.5) is 0 Å². The van der Waals surface area contributed by atoms with Crippen molar-refractivity contribution >= 4 is 17.5 Å². The van der Waals surface area contributed by atoms with Gasteiger partial charge >= 0.3 is 0 Å². The van der Waals surface area contributed by atoms with Gasteiger partial charge in [0.05, 0.1) is 11.6 Å². The number of halogens is 1. The highest BCUT2D eigenvalue weighted by Gasteiger charge is 2.14. The van der Waals surface area contributed by atoms with Crippen LogP contribution in [0, 0.1) is 6.92 Å². The lowest BCUT2D eigenvalue weighted by Gasteiger charge is -2.16. The third-order valence-corrected chi connectivity index (χ3v) is 3.11. The second-order valence-corrected chi connectivity index (χ2v) is 4.65. The van der Waals surface area contributed by atoms with Crippen LogP contribution in [0.2, 0.25) is 0 Å². The number of amides is 1. The number of nitrogens with zero attached hydrogens (tertiary/aromatic N) is 1. The number of aryl methyl sites for hydroxylation is 1. The zero-order valence-electron chi connectivity index (χ0n) is 10.6. The van der Waals surface area contributed by atoms with E-state index < -0.39 is 0 Å². The zero-order valence-corrected chi connectivity index (χ0v) is 11.4. The normalized spacial score (nSPS) is 11.9. The van der Waals surface area contributed by atoms with Crippen molar-refractivity contribution in [2.45, 2.75) is 13.0 Å². The van der Waals surface area contributed by atoms with E-state index in [1.54, 1.807) is 18.5 Å². The standard InChI is InChI=1S/C15H15ClN2O/c1-11-7-13(10-17-9-11)15(19)18-14(8-16)12-5-3-2-4-6-12/h2-7,9-10,14H,8H2,1H3,(H,18,19). The summed E-state index contributed by atoms with van der Waals surface area (Å²) in [4.78, 5) is 16.1. The maximum absolute atomic E-state index is 12.1. The van der Waals surface area contributed by atoms with Crippen LogP contribution < -0.4 is 5.32 Å². The van der Waals surface area contributed by atoms with Gasteiger partial charge in [0, 0.05) is 18.3 Å². The molecule has 0 aliphatic carbocycles. The molecule has 0 fully saturated rings. The molecule has 1 heterocycles. The van der Waals surface area contributed by atoms with Crippen LogP contribution in [0.25, 0.3) is 0 Å². The lowest BCUT2D eigenvalue weighted by Crippen LogP contribution is -2.29. The summed E-state index contributed by atoms with van der Waals surface area (Å²) >= 11 is 5.93. The van der Waals surface area contributed by atoms with Crippen LogP contribution >= 0.6 is 11.6 Å². The van der Waals surface area contributed by atoms with Crippen molar-refractivity contribution in [3.8, 4) is 0 Å². The molecular formula is C15H15ClN2O. The Labute approximate surface area is 117 Å². The summed E-state index contributed by atoms with van der Waals surface area (Å²) in [6.07, 6.45) is 3.27. The van der Waals surface area contributed by atoms with Gasteiger partial charge in [-0.05, 0) is 24.1 Å². The maximum atomic E-state index is 12.1. The van der Waals surface area contributed by atoms with Crippen LogP contribution in [0.1, 0.15) is 27.5 Å². The average Bonchev–Trinajstić information content (AvgIpc) is 2.45. The van der Waals surface area contributed by atoms with Gasteiger partial charge in [-0.1, -0.05) is 30.3 Å². The highest BCUT2D eigenvalue weighted by atomic mass is 35.5. The molecule has 4 heteroatoms. The minimum absolute atomic E-state index is 0.161. The van der Waals surface area contributed by atoms with E-state index in [9.17, 15) is 4.79 Å². The molecule has 1 unspecified atom stereocenters. The van der Waals surface area contributed by atoms with Crippen LogP contribution in [0.15, 0.2) is 48.8 Å². The predicted molar refractivity (Wildman–Crippen MR) is 76.3 cm³/mol. The van der Waals surface area contributed by atoms with Crippen molar-refractivity contribution in [1.29, 1.82) is 0 Å². The fourth-order valence-electron chi connectivity index (χ4n) is 1.82. The van der Waals surface area contributed by atoms with Gasteiger partial charge in [0.15, 0.2) is 0 Å². The molecule has 0 spiro atoms. The molecule has 0 saturated carbocycles. The second-order valence-electron chi connectivity index (χ2n) is 4.34. The second kappa shape index (κ2) is 6.34. The van der Waals surface area contributed by atoms with Crippen molar-refractivity contribution in [2.75, 3.05) is 5.88 Å². The number of rotatable bonds is 4. The van der Waals surface area contributed by atoms with Crippen LogP contribution in [-0.2, 0) is 0 Å². The van der Waals surface area contributed by atoms with E-state index in [0.29, 0.717) is 11.4 Å². The fraction of sp³-hybridized carbons (Fsp3) is 0.200. The molecule has 0 saturated heterocycles. The van der Waals surface area contributed by atoms with E-state index in [4.69, 9.17) is 11.6 Å². The van der Waals surface area contributed by atoms with E-state index >= 15 is 0 Å². The highest BCUT2D eigenvalue weighted by Crippen LogP contribution is 2.15. The molecule has 1 amide bonds. The van der Waals surface area contributed by atoms with E-state index in [1.807, 2.05) is 37.3 Å². The Morgan fingerprint density at radius 1 is 1.32 bits per heavy atom. The first-order valence-electron chi connectivity index (χ1n) is 6.04. The first-order valence-corrected chi connectivity index (χ1v) is 6.57. The average molecular weight is 275 g/mol. The molecule has 1 aromatic carbocycles. The molecular weight excluding hydrogens is 260 g/mol. The molecule has 2 aromatic rings. The van der Waals surface area contributed by atoms with Crippen molar-refractivity contribution < 1.29 is 4.79 Å². The van der Waals surface area contributed by atoms with Crippen LogP contribution in [-0.4, -0.2) is 16.8 Å². The highest BCUT2D eigenvalue weighted by molar-refractivity contribution is 6.18. The summed E-state index contributed by atoms with van der Waals surface area (Å²) in [5.74, 6) is 0.167. The van der Waals surface area contributed by atoms with Gasteiger partial charge in [-0.15, -0.1) is 11.6 Å². The third-order valence-electron chi connectivity index (χ3n) is 2.80. The topological polar surface area (TPSA) is 42.0 Å². The summed E-state index contributed by atoms with van der Waals surface area (Å²) in [5, 5.41) is 2.92. The van der Waals surface area contributed by atoms with Crippen molar-refractivity contribution in [3.05, 3.63) is 65.5 Å². The van der Waals surface area contributed by atoms with Gasteiger partial charge in [-0.2, -0.15) is 0 Å². The summed E-state index contributed by atoms with van der Waals surface area (Å²) in [7, 11) is 0. The third kappa shape index (κ3) is 3.55. The van der Waals surface area contributed by atoms with E-state index in [2.05, 4.69) is 10.3 Å². The minimum atomic E-state index is -0.198. The first kappa shape index (κ1) is 13.6. The Morgan fingerprint density at radius 3 is 2.68 bits per heavy atom. The smallest absolute Gasteiger partial charge is 0.253 e. The SMILES string of the molecule is Cc1cncc(C(=O)NC(CCl)c2ccccc2)c1. The molecule has 3 nitrogen and oxygen atoms in total. The van der Waals surface area contributed by atoms with Gasteiger partial charge in [0.2, 0.25) is 0 Å². The number of carbonyl (C=O) groups is 1. The Balaban J connectivity index is 2.13. The number of hydrogen-bond acceptors (Lipinski definition) is 2. The Hall–Kier alpha value is -1.87. The molecule has 0 radical (unpaired) electrons. The van der Waals surface area contributed by atoms with E-state index in [-0.39, 0.29) is 11.9 Å². The number of benzene rings is 1. The summed E-state index contributed by atoms with van der Waals surface area (Å²) in [6.45, 7) is 1.90. The van der Waals surface area contributed by atoms with Gasteiger partial charge in [-0.25, -0.2) is 0 Å². The number of carbonyl (C=O) groups excluding carboxylic acids is 1. The predicted octanol–water partition coefficient (Wildman–Crippen LogP) is 3.10. The largest absolute Gasteiger partial charge is 0.344 e. The quantitative estimate of drug-likeness (QED) is 0.871. The lowest BCUT2D eigenvalue weighted by molar-refractivity contribution is 0.0940. The molecule has 0 aliphatic rings. The molecule has 98 valence electrons. The van der Waals surface area contributed by atoms with Gasteiger partial charge in [-0.3, -0.25) is 9.78 Å². The number of pyridine rings is 1. The zero-order chi connectivity index (χ0) is 13.7. The van der Waals surface area contributed by atoms with Gasteiger partial charge < -0.3 is 5.32 Å². The van der Waals surface area contributed by atoms with Crippen molar-refractivity contribution in [1.82, 2.24) is 10.3 Å². The lowest BCUT2D eigenvalue weighted by atomic mass is 10.1. The van der Waals surface area contributed by atoms with Crippen molar-refractivity contribution in [2.24, 2.45) is 0 Å². The van der Waals surface area contributed by atoms with E-state index in [1.165, 1.54) is 0 Å². The minimum Gasteiger partial charge on any atom is -0.344 e. The Bertz CT molecular complexity index is 557. The molecule has 0 aliphatic heterocycles. The summed E-state index contributed by atoms with van der Waals surface area (Å²) in [6, 6.07) is 11.3. The molecule has 0 bridgehead atoms. The molecule has 19 heavy (non-hydrogen) atoms. The van der Waals surface area contributed by atoms with Gasteiger partial charge in [0.25, 0.3) is 5.91 Å². The number of alkyl halides is 1. The van der Waals surface area contributed by atoms with Gasteiger partial charge in [0.1, 0.15) is 0 Å². The summed E-state index contributed by atoms with van der Waals surface area (Å²) in [5.41, 5.74) is 2.49. The molecule has 2 rings (SSSR count). The maximum Gasteiger partial charge on any atom is 0.253 e. The number of hydrogen-bond donors (Lipinski definition) is 1. The molecule has 1 aromatic heterocycles. The monoisotopic (exact) mass is 274 g/mol. The summed E-state index contributed by atoms with van der Waals surface area (Å²) < 4.78 is 0. The number of nitrogens with one attached hydrogen (secondary N) is 1. The van der Waals surface area contributed by atoms with Crippen LogP contribution in [0.5, 0.6) is 0 Å². The van der Waals surface area contributed by atoms with Crippen molar-refractivity contribution in [3.63, 3.8) is 0 Å². The van der Waals surface area contributed by atoms with Crippen LogP contribution in [0.3, 0.4) is 0 Å². The molecule has 1 atom stereocenters. The Morgan fingerprint density at radius 2 is 2.05 bits per heavy atom. The first-order chi connectivity index (χ1) is 9.20. The number of aromatic nitrogens is 1. The fourth-order valence-corrected chi connectivity index (χ4v) is 2.07. The molecule has 1 N–H and O–H groups in total.